The van der Waals surface area contributed by atoms with Crippen LogP contribution >= 0.6 is 0 Å². The van der Waals surface area contributed by atoms with Gasteiger partial charge in [-0.15, -0.1) is 0 Å². The molecule has 0 bridgehead atoms. The van der Waals surface area contributed by atoms with Crippen LogP contribution in [0.3, 0.4) is 0 Å². The van der Waals surface area contributed by atoms with Gasteiger partial charge in [0.25, 0.3) is 0 Å². The van der Waals surface area contributed by atoms with Crippen molar-refractivity contribution in [3.8, 4) is 0 Å². The van der Waals surface area contributed by atoms with E-state index in [-0.39, 0.29) is 23.3 Å². The van der Waals surface area contributed by atoms with E-state index in [2.05, 4.69) is 5.32 Å². The number of aliphatic hydroxyl groups excluding tert-OH is 1. The molecule has 0 aromatic rings. The Labute approximate surface area is 115 Å². The first kappa shape index (κ1) is 16.0. The van der Waals surface area contributed by atoms with Gasteiger partial charge in [0.2, 0.25) is 11.8 Å². The van der Waals surface area contributed by atoms with Gasteiger partial charge in [0.05, 0.1) is 6.10 Å². The Morgan fingerprint density at radius 1 is 1.26 bits per heavy atom. The Morgan fingerprint density at radius 2 is 1.84 bits per heavy atom. The molecule has 0 unspecified atom stereocenters. The summed E-state index contributed by atoms with van der Waals surface area (Å²) in [5, 5.41) is 12.2. The van der Waals surface area contributed by atoms with Gasteiger partial charge in [-0.25, -0.2) is 0 Å². The normalized spacial score (nSPS) is 17.4. The van der Waals surface area contributed by atoms with Crippen LogP contribution in [-0.2, 0) is 9.59 Å². The van der Waals surface area contributed by atoms with Crippen molar-refractivity contribution in [1.82, 2.24) is 10.2 Å². The highest BCUT2D eigenvalue weighted by molar-refractivity contribution is 5.81. The summed E-state index contributed by atoms with van der Waals surface area (Å²) in [6.07, 6.45) is 2.22. The predicted molar refractivity (Wildman–Crippen MR) is 73.5 cm³/mol. The zero-order chi connectivity index (χ0) is 14.5. The molecule has 0 spiro atoms. The summed E-state index contributed by atoms with van der Waals surface area (Å²) in [5.74, 6) is 0.137. The van der Waals surface area contributed by atoms with Crippen LogP contribution in [0.4, 0.5) is 0 Å². The Bertz CT molecular complexity index is 315. The van der Waals surface area contributed by atoms with Crippen LogP contribution in [0.2, 0.25) is 0 Å². The average molecular weight is 270 g/mol. The van der Waals surface area contributed by atoms with Gasteiger partial charge < -0.3 is 15.3 Å². The van der Waals surface area contributed by atoms with E-state index < -0.39 is 0 Å². The molecule has 0 aliphatic carbocycles. The molecule has 110 valence electrons. The first-order valence-corrected chi connectivity index (χ1v) is 7.05. The lowest BCUT2D eigenvalue weighted by Crippen LogP contribution is -2.40. The third-order valence-corrected chi connectivity index (χ3v) is 3.35. The molecular formula is C14H26N2O3. The second kappa shape index (κ2) is 6.89. The Kier molecular flexibility index (Phi) is 5.79. The van der Waals surface area contributed by atoms with E-state index >= 15 is 0 Å². The molecule has 1 heterocycles. The van der Waals surface area contributed by atoms with Gasteiger partial charge in [-0.05, 0) is 19.3 Å². The van der Waals surface area contributed by atoms with Crippen LogP contribution in [0.5, 0.6) is 0 Å². The van der Waals surface area contributed by atoms with Crippen LogP contribution in [0, 0.1) is 5.41 Å². The van der Waals surface area contributed by atoms with Crippen molar-refractivity contribution in [2.45, 2.75) is 52.6 Å². The number of carbonyl (C=O) groups is 2. The van der Waals surface area contributed by atoms with Crippen LogP contribution in [0.15, 0.2) is 0 Å². The first-order valence-electron chi connectivity index (χ1n) is 7.05. The fourth-order valence-corrected chi connectivity index (χ4v) is 1.98. The topological polar surface area (TPSA) is 69.6 Å². The monoisotopic (exact) mass is 270 g/mol. The van der Waals surface area contributed by atoms with Crippen LogP contribution in [0.25, 0.3) is 0 Å². The summed E-state index contributed by atoms with van der Waals surface area (Å²) in [6, 6.07) is 0. The molecule has 1 rings (SSSR count). The summed E-state index contributed by atoms with van der Waals surface area (Å²) < 4.78 is 0. The van der Waals surface area contributed by atoms with Crippen LogP contribution in [-0.4, -0.2) is 47.6 Å². The minimum absolute atomic E-state index is 0.0149. The standard InChI is InChI=1S/C14H26N2O3/c1-14(2,3)13(19)15-8-4-5-12(18)16-9-6-11(17)7-10-16/h11,17H,4-10H2,1-3H3,(H,15,19). The van der Waals surface area contributed by atoms with E-state index in [1.807, 2.05) is 20.8 Å². The van der Waals surface area contributed by atoms with Crippen LogP contribution in [0.1, 0.15) is 46.5 Å². The van der Waals surface area contributed by atoms with Gasteiger partial charge in [0.15, 0.2) is 0 Å². The maximum absolute atomic E-state index is 11.9. The molecule has 0 saturated carbocycles. The van der Waals surface area contributed by atoms with Gasteiger partial charge in [-0.1, -0.05) is 20.8 Å². The number of likely N-dealkylation sites (tertiary alicyclic amines) is 1. The molecule has 1 fully saturated rings. The lowest BCUT2D eigenvalue weighted by atomic mass is 9.96. The summed E-state index contributed by atoms with van der Waals surface area (Å²) >= 11 is 0. The molecule has 1 saturated heterocycles. The lowest BCUT2D eigenvalue weighted by Gasteiger charge is -2.29. The summed E-state index contributed by atoms with van der Waals surface area (Å²) in [7, 11) is 0. The van der Waals surface area contributed by atoms with Gasteiger partial charge in [-0.2, -0.15) is 0 Å². The third kappa shape index (κ3) is 5.59. The van der Waals surface area contributed by atoms with E-state index in [9.17, 15) is 14.7 Å². The van der Waals surface area contributed by atoms with E-state index in [1.165, 1.54) is 0 Å². The number of nitrogens with one attached hydrogen (secondary N) is 1. The zero-order valence-corrected chi connectivity index (χ0v) is 12.2. The molecule has 1 aliphatic heterocycles. The number of hydrogen-bond acceptors (Lipinski definition) is 3. The first-order chi connectivity index (χ1) is 8.80. The molecule has 5 nitrogen and oxygen atoms in total. The molecule has 0 aromatic carbocycles. The van der Waals surface area contributed by atoms with Crippen molar-refractivity contribution in [2.24, 2.45) is 5.41 Å². The molecule has 0 radical (unpaired) electrons. The molecule has 2 amide bonds. The van der Waals surface area contributed by atoms with E-state index in [4.69, 9.17) is 0 Å². The SMILES string of the molecule is CC(C)(C)C(=O)NCCCC(=O)N1CCC(O)CC1. The van der Waals surface area contributed by atoms with E-state index in [0.29, 0.717) is 45.3 Å². The van der Waals surface area contributed by atoms with E-state index in [0.717, 1.165) is 0 Å². The van der Waals surface area contributed by atoms with Gasteiger partial charge in [0, 0.05) is 31.5 Å². The molecule has 1 aliphatic rings. The number of hydrogen-bond donors (Lipinski definition) is 2. The second-order valence-electron chi connectivity index (χ2n) is 6.22. The third-order valence-electron chi connectivity index (χ3n) is 3.35. The van der Waals surface area contributed by atoms with Crippen molar-refractivity contribution >= 4 is 11.8 Å². The summed E-state index contributed by atoms with van der Waals surface area (Å²) in [6.45, 7) is 7.44. The minimum Gasteiger partial charge on any atom is -0.393 e. The summed E-state index contributed by atoms with van der Waals surface area (Å²) in [4.78, 5) is 25.3. The minimum atomic E-state index is -0.382. The highest BCUT2D eigenvalue weighted by Crippen LogP contribution is 2.13. The number of nitrogens with zero attached hydrogens (tertiary/aromatic N) is 1. The molecular weight excluding hydrogens is 244 g/mol. The number of rotatable bonds is 4. The molecule has 0 aromatic heterocycles. The second-order valence-corrected chi connectivity index (χ2v) is 6.22. The predicted octanol–water partition coefficient (Wildman–Crippen LogP) is 0.912. The highest BCUT2D eigenvalue weighted by atomic mass is 16.3. The molecule has 0 atom stereocenters. The zero-order valence-electron chi connectivity index (χ0n) is 12.2. The van der Waals surface area contributed by atoms with Crippen molar-refractivity contribution in [1.29, 1.82) is 0 Å². The maximum atomic E-state index is 11.9. The smallest absolute Gasteiger partial charge is 0.225 e. The Morgan fingerprint density at radius 3 is 2.37 bits per heavy atom. The number of carbonyl (C=O) groups excluding carboxylic acids is 2. The molecule has 2 N–H and O–H groups in total. The Balaban J connectivity index is 2.16. The van der Waals surface area contributed by atoms with E-state index in [1.54, 1.807) is 4.90 Å². The average Bonchev–Trinajstić information content (AvgIpc) is 2.33. The van der Waals surface area contributed by atoms with Gasteiger partial charge in [-0.3, -0.25) is 9.59 Å². The fraction of sp³-hybridized carbons (Fsp3) is 0.857. The number of aliphatic hydroxyl groups is 1. The van der Waals surface area contributed by atoms with Crippen molar-refractivity contribution < 1.29 is 14.7 Å². The van der Waals surface area contributed by atoms with Crippen molar-refractivity contribution in [2.75, 3.05) is 19.6 Å². The summed E-state index contributed by atoms with van der Waals surface area (Å²) in [5.41, 5.74) is -0.382. The molecule has 5 heteroatoms. The lowest BCUT2D eigenvalue weighted by molar-refractivity contribution is -0.133. The largest absolute Gasteiger partial charge is 0.393 e. The number of piperidine rings is 1. The highest BCUT2D eigenvalue weighted by Gasteiger charge is 2.22. The van der Waals surface area contributed by atoms with Crippen molar-refractivity contribution in [3.05, 3.63) is 0 Å². The Hall–Kier alpha value is -1.10. The fourth-order valence-electron chi connectivity index (χ4n) is 1.98. The maximum Gasteiger partial charge on any atom is 0.225 e. The van der Waals surface area contributed by atoms with Gasteiger partial charge in [0.1, 0.15) is 0 Å². The van der Waals surface area contributed by atoms with Crippen LogP contribution < -0.4 is 5.32 Å². The van der Waals surface area contributed by atoms with Crippen molar-refractivity contribution in [3.63, 3.8) is 0 Å². The van der Waals surface area contributed by atoms with Gasteiger partial charge >= 0.3 is 0 Å². The molecule has 19 heavy (non-hydrogen) atoms. The number of amides is 2. The quantitative estimate of drug-likeness (QED) is 0.746.